The molecule has 0 aliphatic rings. The van der Waals surface area contributed by atoms with Crippen LogP contribution in [-0.2, 0) is 17.8 Å². The van der Waals surface area contributed by atoms with Gasteiger partial charge in [-0.15, -0.1) is 0 Å². The van der Waals surface area contributed by atoms with E-state index in [2.05, 4.69) is 42.6 Å². The van der Waals surface area contributed by atoms with E-state index in [1.54, 1.807) is 6.20 Å². The second kappa shape index (κ2) is 8.03. The minimum atomic E-state index is -1.04. The van der Waals surface area contributed by atoms with Crippen molar-refractivity contribution < 1.29 is 14.6 Å². The number of hydrogen-bond acceptors (Lipinski definition) is 6. The van der Waals surface area contributed by atoms with Gasteiger partial charge < -0.3 is 14.8 Å². The Kier molecular flexibility index (Phi) is 5.73. The zero-order valence-electron chi connectivity index (χ0n) is 14.8. The number of fused-ring (bicyclic) bond motifs is 1. The predicted octanol–water partition coefficient (Wildman–Crippen LogP) is 2.22. The predicted molar refractivity (Wildman–Crippen MR) is 107 cm³/mol. The number of aromatic amines is 1. The number of nitrogens with one attached hydrogen (secondary N) is 1. The number of rotatable bonds is 7. The van der Waals surface area contributed by atoms with Crippen molar-refractivity contribution >= 4 is 39.6 Å². The maximum absolute atomic E-state index is 12.6. The second-order valence-electron chi connectivity index (χ2n) is 5.82. The summed E-state index contributed by atoms with van der Waals surface area (Å²) in [6.45, 7) is 4.01. The lowest BCUT2D eigenvalue weighted by molar-refractivity contribution is -0.137. The van der Waals surface area contributed by atoms with Crippen LogP contribution in [0.25, 0.3) is 22.4 Å². The molecule has 0 fully saturated rings. The number of hydrogen-bond donors (Lipinski definition) is 2. The molecule has 0 amide bonds. The number of aliphatic carboxylic acids is 1. The summed E-state index contributed by atoms with van der Waals surface area (Å²) >= 11 is 2.13. The van der Waals surface area contributed by atoms with Gasteiger partial charge in [-0.2, -0.15) is 5.10 Å². The van der Waals surface area contributed by atoms with Crippen molar-refractivity contribution in [3.05, 3.63) is 31.9 Å². The number of carbonyl (C=O) groups is 1. The number of nitrogens with zero attached hydrogens (tertiary/aromatic N) is 4. The van der Waals surface area contributed by atoms with Gasteiger partial charge in [0.2, 0.25) is 5.88 Å². The number of carboxylic acid groups (broad SMARTS) is 1. The first-order chi connectivity index (χ1) is 12.9. The van der Waals surface area contributed by atoms with E-state index >= 15 is 0 Å². The SMILES string of the molecule is CCCOc1ncc(I)cc1-c1nc2c(CC)n(CC(=O)O)nc2c(=O)[nH]1. The standard InChI is InChI=1S/C17H18IN5O4/c1-3-5-27-17-10(6-9(18)7-19-17)15-20-13-11(4-2)23(8-12(24)25)22-14(13)16(26)21-15/h6-7H,3-5,8H2,1-2H3,(H,24,25)(H,20,21,26). The highest BCUT2D eigenvalue weighted by molar-refractivity contribution is 14.1. The number of ether oxygens (including phenoxy) is 1. The maximum Gasteiger partial charge on any atom is 0.325 e. The quantitative estimate of drug-likeness (QED) is 0.494. The van der Waals surface area contributed by atoms with Gasteiger partial charge in [0, 0.05) is 9.77 Å². The zero-order valence-corrected chi connectivity index (χ0v) is 17.0. The third-order valence-electron chi connectivity index (χ3n) is 3.84. The van der Waals surface area contributed by atoms with Crippen LogP contribution in [0.15, 0.2) is 17.1 Å². The third kappa shape index (κ3) is 3.94. The van der Waals surface area contributed by atoms with Crippen LogP contribution in [0.2, 0.25) is 0 Å². The Morgan fingerprint density at radius 2 is 2.15 bits per heavy atom. The van der Waals surface area contributed by atoms with E-state index in [0.29, 0.717) is 41.5 Å². The van der Waals surface area contributed by atoms with Crippen molar-refractivity contribution in [2.75, 3.05) is 6.61 Å². The van der Waals surface area contributed by atoms with E-state index in [-0.39, 0.29) is 12.1 Å². The Labute approximate surface area is 167 Å². The molecule has 27 heavy (non-hydrogen) atoms. The number of pyridine rings is 1. The molecule has 0 bridgehead atoms. The van der Waals surface area contributed by atoms with E-state index in [9.17, 15) is 9.59 Å². The molecule has 3 rings (SSSR count). The number of H-pyrrole nitrogens is 1. The molecule has 142 valence electrons. The first-order valence-electron chi connectivity index (χ1n) is 8.44. The largest absolute Gasteiger partial charge is 0.480 e. The van der Waals surface area contributed by atoms with Crippen LogP contribution in [0.4, 0.5) is 0 Å². The smallest absolute Gasteiger partial charge is 0.325 e. The van der Waals surface area contributed by atoms with Crippen LogP contribution in [0, 0.1) is 3.57 Å². The molecule has 3 heterocycles. The molecule has 0 saturated heterocycles. The van der Waals surface area contributed by atoms with E-state index < -0.39 is 11.5 Å². The molecule has 0 aliphatic heterocycles. The van der Waals surface area contributed by atoms with Crippen molar-refractivity contribution in [2.45, 2.75) is 33.2 Å². The molecule has 2 N–H and O–H groups in total. The monoisotopic (exact) mass is 483 g/mol. The summed E-state index contributed by atoms with van der Waals surface area (Å²) < 4.78 is 7.86. The lowest BCUT2D eigenvalue weighted by Crippen LogP contribution is -2.13. The van der Waals surface area contributed by atoms with Gasteiger partial charge in [0.05, 0.1) is 17.9 Å². The molecular weight excluding hydrogens is 465 g/mol. The Morgan fingerprint density at radius 1 is 1.37 bits per heavy atom. The molecule has 9 nitrogen and oxygen atoms in total. The molecular formula is C17H18IN5O4. The van der Waals surface area contributed by atoms with Crippen LogP contribution < -0.4 is 10.3 Å². The Morgan fingerprint density at radius 3 is 2.81 bits per heavy atom. The van der Waals surface area contributed by atoms with Gasteiger partial charge in [-0.3, -0.25) is 14.3 Å². The molecule has 3 aromatic rings. The highest BCUT2D eigenvalue weighted by Crippen LogP contribution is 2.28. The maximum atomic E-state index is 12.6. The number of halogens is 1. The summed E-state index contributed by atoms with van der Waals surface area (Å²) in [6, 6.07) is 1.83. The molecule has 0 atom stereocenters. The number of carboxylic acids is 1. The molecule has 0 unspecified atom stereocenters. The topological polar surface area (TPSA) is 123 Å². The van der Waals surface area contributed by atoms with E-state index in [4.69, 9.17) is 9.84 Å². The van der Waals surface area contributed by atoms with Crippen LogP contribution >= 0.6 is 22.6 Å². The summed E-state index contributed by atoms with van der Waals surface area (Å²) in [6.07, 6.45) is 2.98. The summed E-state index contributed by atoms with van der Waals surface area (Å²) in [5.74, 6) is -0.337. The van der Waals surface area contributed by atoms with Gasteiger partial charge >= 0.3 is 5.97 Å². The van der Waals surface area contributed by atoms with Crippen LogP contribution in [0.3, 0.4) is 0 Å². The summed E-state index contributed by atoms with van der Waals surface area (Å²) in [7, 11) is 0. The number of aromatic nitrogens is 5. The van der Waals surface area contributed by atoms with Crippen LogP contribution in [0.5, 0.6) is 5.88 Å². The fourth-order valence-corrected chi connectivity index (χ4v) is 3.16. The Bertz CT molecular complexity index is 1060. The second-order valence-corrected chi connectivity index (χ2v) is 7.06. The lowest BCUT2D eigenvalue weighted by Gasteiger charge is -2.09. The van der Waals surface area contributed by atoms with Crippen LogP contribution in [-0.4, -0.2) is 42.4 Å². The molecule has 0 aromatic carbocycles. The normalized spacial score (nSPS) is 11.1. The third-order valence-corrected chi connectivity index (χ3v) is 4.43. The Hall–Kier alpha value is -2.50. The van der Waals surface area contributed by atoms with Crippen molar-refractivity contribution in [1.82, 2.24) is 24.7 Å². The van der Waals surface area contributed by atoms with Gasteiger partial charge in [-0.25, -0.2) is 9.97 Å². The summed E-state index contributed by atoms with van der Waals surface area (Å²) in [4.78, 5) is 35.2. The Balaban J connectivity index is 2.21. The van der Waals surface area contributed by atoms with Crippen molar-refractivity contribution in [1.29, 1.82) is 0 Å². The minimum Gasteiger partial charge on any atom is -0.480 e. The molecule has 0 saturated carbocycles. The van der Waals surface area contributed by atoms with Crippen molar-refractivity contribution in [3.63, 3.8) is 0 Å². The van der Waals surface area contributed by atoms with E-state index in [1.807, 2.05) is 19.9 Å². The van der Waals surface area contributed by atoms with Gasteiger partial charge in [0.25, 0.3) is 5.56 Å². The zero-order chi connectivity index (χ0) is 19.6. The van der Waals surface area contributed by atoms with Gasteiger partial charge in [0.1, 0.15) is 17.9 Å². The number of aryl methyl sites for hydroxylation is 1. The molecule has 3 aromatic heterocycles. The molecule has 0 aliphatic carbocycles. The fourth-order valence-electron chi connectivity index (χ4n) is 2.71. The summed E-state index contributed by atoms with van der Waals surface area (Å²) in [5.41, 5.74) is 1.23. The fraction of sp³-hybridized carbons (Fsp3) is 0.353. The summed E-state index contributed by atoms with van der Waals surface area (Å²) in [5, 5.41) is 13.2. The van der Waals surface area contributed by atoms with Gasteiger partial charge in [-0.05, 0) is 41.5 Å². The van der Waals surface area contributed by atoms with E-state index in [1.165, 1.54) is 4.68 Å². The minimum absolute atomic E-state index is 0.117. The first-order valence-corrected chi connectivity index (χ1v) is 9.52. The molecule has 0 radical (unpaired) electrons. The highest BCUT2D eigenvalue weighted by Gasteiger charge is 2.19. The average Bonchev–Trinajstić information content (AvgIpc) is 2.97. The van der Waals surface area contributed by atoms with E-state index in [0.717, 1.165) is 9.99 Å². The molecule has 0 spiro atoms. The highest BCUT2D eigenvalue weighted by atomic mass is 127. The van der Waals surface area contributed by atoms with Crippen molar-refractivity contribution in [2.24, 2.45) is 0 Å². The lowest BCUT2D eigenvalue weighted by atomic mass is 10.2. The van der Waals surface area contributed by atoms with Gasteiger partial charge in [-0.1, -0.05) is 13.8 Å². The van der Waals surface area contributed by atoms with Crippen LogP contribution in [0.1, 0.15) is 26.0 Å². The van der Waals surface area contributed by atoms with Gasteiger partial charge in [0.15, 0.2) is 5.52 Å². The van der Waals surface area contributed by atoms with Crippen molar-refractivity contribution in [3.8, 4) is 17.3 Å². The molecule has 10 heteroatoms. The average molecular weight is 483 g/mol. The first kappa shape index (κ1) is 19.3.